The van der Waals surface area contributed by atoms with Crippen LogP contribution in [0.15, 0.2) is 54.6 Å². The summed E-state index contributed by atoms with van der Waals surface area (Å²) in [6, 6.07) is 9.94. The minimum absolute atomic E-state index is 0.224. The number of hydrogen-bond acceptors (Lipinski definition) is 4. The van der Waals surface area contributed by atoms with Gasteiger partial charge in [0.15, 0.2) is 0 Å². The van der Waals surface area contributed by atoms with Gasteiger partial charge in [-0.2, -0.15) is 0 Å². The van der Waals surface area contributed by atoms with Gasteiger partial charge in [-0.15, -0.1) is 10.1 Å². The molecule has 1 rings (SSSR count). The molecule has 0 unspecified atom stereocenters. The monoisotopic (exact) mass is 453 g/mol. The summed E-state index contributed by atoms with van der Waals surface area (Å²) in [6.45, 7) is 1.90. The Morgan fingerprint density at radius 3 is 2.47 bits per heavy atom. The fraction of sp³-hybridized carbons (Fsp3) is 0.0833. The van der Waals surface area contributed by atoms with Crippen LogP contribution in [-0.2, 0) is 32.5 Å². The van der Waals surface area contributed by atoms with Crippen LogP contribution in [0.4, 0.5) is 0 Å². The molecule has 0 heterocycles. The number of carbonyl (C=O) groups excluding carboxylic acids is 1. The van der Waals surface area contributed by atoms with E-state index in [0.717, 1.165) is 0 Å². The molecule has 0 saturated heterocycles. The van der Waals surface area contributed by atoms with Crippen LogP contribution in [0.5, 0.6) is 0 Å². The van der Waals surface area contributed by atoms with Crippen LogP contribution in [0.3, 0.4) is 0 Å². The Morgan fingerprint density at radius 2 is 1.95 bits per heavy atom. The number of rotatable bonds is 4. The first-order valence-electron chi connectivity index (χ1n) is 5.39. The molecule has 0 amide bonds. The molecule has 0 saturated carbocycles. The summed E-state index contributed by atoms with van der Waals surface area (Å²) < 4.78 is 6.45. The van der Waals surface area contributed by atoms with Gasteiger partial charge in [0.1, 0.15) is 0 Å². The topological polar surface area (TPSA) is 89.7 Å². The molecule has 0 atom stereocenters. The van der Waals surface area contributed by atoms with Crippen molar-refractivity contribution in [3.05, 3.63) is 64.8 Å². The smallest absolute Gasteiger partial charge is 0.291 e. The molecule has 0 aromatic heterocycles. The molecule has 0 spiro atoms. The Labute approximate surface area is 123 Å². The van der Waals surface area contributed by atoms with Crippen molar-refractivity contribution in [2.75, 3.05) is 0 Å². The molecule has 6 nitrogen and oxygen atoms in total. The summed E-state index contributed by atoms with van der Waals surface area (Å²) in [4.78, 5) is 19.6. The fourth-order valence-corrected chi connectivity index (χ4v) is 4.40. The van der Waals surface area contributed by atoms with Crippen molar-refractivity contribution in [3.8, 4) is 0 Å². The molecule has 1 aromatic carbocycles. The average Bonchev–Trinajstić information content (AvgIpc) is 2.37. The third-order valence-electron chi connectivity index (χ3n) is 1.76. The molecule has 0 fully saturated rings. The summed E-state index contributed by atoms with van der Waals surface area (Å²) >= 11 is -1.66. The van der Waals surface area contributed by atoms with E-state index in [-0.39, 0.29) is 5.97 Å². The van der Waals surface area contributed by atoms with Crippen molar-refractivity contribution >= 4 is 9.04 Å². The first-order chi connectivity index (χ1) is 9.06. The SMILES string of the molecule is C/C=C/C=C/C(=O)[O][Hg][c]1ccccc1.O=[N+]([O-])O. The quantitative estimate of drug-likeness (QED) is 0.247. The summed E-state index contributed by atoms with van der Waals surface area (Å²) in [5, 5.41) is 13.6. The minimum atomic E-state index is -1.66. The normalized spacial score (nSPS) is 9.53. The second-order valence-corrected chi connectivity index (χ2v) is 8.63. The largest absolute Gasteiger partial charge is 0.328 e. The van der Waals surface area contributed by atoms with E-state index in [1.54, 1.807) is 12.2 Å². The standard InChI is InChI=1S/C6H8O2.C6H5.Hg.HNO3/c1-2-3-4-5-6(7)8;1-2-4-6-5-3-1;;2-1(3)4/h2-5H,1H3,(H,7,8);1-5H;;(H,2,3,4)/q;;+1;/p-1/b3-2+,5-4+;;;. The van der Waals surface area contributed by atoms with Crippen LogP contribution in [0, 0.1) is 10.1 Å². The van der Waals surface area contributed by atoms with Gasteiger partial charge >= 0.3 is 103 Å². The van der Waals surface area contributed by atoms with Gasteiger partial charge in [0.2, 0.25) is 0 Å². The number of nitrogens with zero attached hydrogens (tertiary/aromatic N) is 1. The van der Waals surface area contributed by atoms with E-state index in [1.165, 1.54) is 9.15 Å². The Bertz CT molecular complexity index is 441. The van der Waals surface area contributed by atoms with Gasteiger partial charge in [-0.3, -0.25) is 0 Å². The van der Waals surface area contributed by atoms with Crippen molar-refractivity contribution in [2.45, 2.75) is 6.92 Å². The van der Waals surface area contributed by atoms with E-state index in [2.05, 4.69) is 0 Å². The average molecular weight is 452 g/mol. The molecule has 98 valence electrons. The minimum Gasteiger partial charge on any atom is -0.328 e. The number of hydrogen-bond donors (Lipinski definition) is 1. The fourth-order valence-electron chi connectivity index (χ4n) is 1.02. The maximum atomic E-state index is 11.2. The van der Waals surface area contributed by atoms with Gasteiger partial charge in [0, 0.05) is 0 Å². The van der Waals surface area contributed by atoms with Crippen LogP contribution in [0.1, 0.15) is 6.92 Å². The zero-order valence-corrected chi connectivity index (χ0v) is 15.9. The molecular weight excluding hydrogens is 439 g/mol. The maximum absolute atomic E-state index is 11.2. The molecule has 0 aliphatic carbocycles. The van der Waals surface area contributed by atoms with E-state index < -0.39 is 30.1 Å². The van der Waals surface area contributed by atoms with Crippen molar-refractivity contribution in [2.24, 2.45) is 0 Å². The predicted molar refractivity (Wildman–Crippen MR) is 64.9 cm³/mol. The zero-order valence-electron chi connectivity index (χ0n) is 10.4. The van der Waals surface area contributed by atoms with Gasteiger partial charge in [0.25, 0.3) is 5.09 Å². The van der Waals surface area contributed by atoms with E-state index in [1.807, 2.05) is 43.3 Å². The predicted octanol–water partition coefficient (Wildman–Crippen LogP) is 1.64. The molecule has 0 bridgehead atoms. The van der Waals surface area contributed by atoms with Gasteiger partial charge in [-0.05, 0) is 0 Å². The van der Waals surface area contributed by atoms with Crippen LogP contribution >= 0.6 is 0 Å². The molecule has 19 heavy (non-hydrogen) atoms. The first kappa shape index (κ1) is 17.3. The van der Waals surface area contributed by atoms with Crippen LogP contribution in [-0.4, -0.2) is 16.3 Å². The molecule has 0 aliphatic rings. The Kier molecular flexibility index (Phi) is 10.4. The first-order valence-corrected chi connectivity index (χ1v) is 10.4. The third-order valence-corrected chi connectivity index (χ3v) is 6.56. The second-order valence-electron chi connectivity index (χ2n) is 3.22. The van der Waals surface area contributed by atoms with Gasteiger partial charge in [0.05, 0.1) is 0 Å². The van der Waals surface area contributed by atoms with Crippen molar-refractivity contribution in [1.82, 2.24) is 0 Å². The van der Waals surface area contributed by atoms with Gasteiger partial charge in [-0.1, -0.05) is 0 Å². The zero-order chi connectivity index (χ0) is 14.5. The summed E-state index contributed by atoms with van der Waals surface area (Å²) in [7, 11) is 0. The summed E-state index contributed by atoms with van der Waals surface area (Å²) in [6.07, 6.45) is 6.83. The molecular formula is C12H13HgNO5. The summed E-state index contributed by atoms with van der Waals surface area (Å²) in [5.41, 5.74) is 0. The molecule has 0 aliphatic heterocycles. The van der Waals surface area contributed by atoms with Gasteiger partial charge in [-0.25, -0.2) is 0 Å². The number of benzene rings is 1. The third kappa shape index (κ3) is 12.6. The number of allylic oxidation sites excluding steroid dienone is 3. The molecule has 1 N–H and O–H groups in total. The van der Waals surface area contributed by atoms with Crippen LogP contribution in [0.25, 0.3) is 0 Å². The molecule has 1 aromatic rings. The Morgan fingerprint density at radius 1 is 1.37 bits per heavy atom. The van der Waals surface area contributed by atoms with E-state index in [0.29, 0.717) is 0 Å². The maximum Gasteiger partial charge on any atom is 0.291 e. The van der Waals surface area contributed by atoms with E-state index >= 15 is 0 Å². The van der Waals surface area contributed by atoms with Crippen molar-refractivity contribution in [3.63, 3.8) is 0 Å². The van der Waals surface area contributed by atoms with Crippen molar-refractivity contribution < 1.29 is 42.8 Å². The molecule has 7 heteroatoms. The Hall–Kier alpha value is -1.69. The van der Waals surface area contributed by atoms with Crippen LogP contribution in [0.2, 0.25) is 0 Å². The second kappa shape index (κ2) is 11.4. The summed E-state index contributed by atoms with van der Waals surface area (Å²) in [5.74, 6) is -0.224. The van der Waals surface area contributed by atoms with Crippen LogP contribution < -0.4 is 3.07 Å². The molecule has 0 radical (unpaired) electrons. The van der Waals surface area contributed by atoms with E-state index in [4.69, 9.17) is 18.0 Å². The Balaban J connectivity index is 0.000000711. The number of carbonyl (C=O) groups is 1. The van der Waals surface area contributed by atoms with Gasteiger partial charge < -0.3 is 5.21 Å². The van der Waals surface area contributed by atoms with E-state index in [9.17, 15) is 4.79 Å². The van der Waals surface area contributed by atoms with Crippen molar-refractivity contribution in [1.29, 1.82) is 0 Å².